The zero-order chi connectivity index (χ0) is 11.5. The Kier molecular flexibility index (Phi) is 3.60. The van der Waals surface area contributed by atoms with Crippen molar-refractivity contribution in [3.8, 4) is 5.88 Å². The number of hydrogen-bond donors (Lipinski definition) is 2. The number of halogens is 1. The minimum atomic E-state index is 0.382. The van der Waals surface area contributed by atoms with Gasteiger partial charge in [0.2, 0.25) is 11.8 Å². The number of aromatic nitrogens is 2. The molecule has 2 rings (SSSR count). The maximum atomic E-state index is 5.72. The van der Waals surface area contributed by atoms with Gasteiger partial charge in [-0.2, -0.15) is 4.98 Å². The van der Waals surface area contributed by atoms with E-state index < -0.39 is 0 Å². The summed E-state index contributed by atoms with van der Waals surface area (Å²) in [6, 6.07) is 0.382. The molecule has 0 radical (unpaired) electrons. The maximum absolute atomic E-state index is 5.72. The molecule has 0 unspecified atom stereocenters. The topological polar surface area (TPSA) is 73.1 Å². The van der Waals surface area contributed by atoms with Crippen LogP contribution in [0.1, 0.15) is 12.8 Å². The molecule has 88 valence electrons. The van der Waals surface area contributed by atoms with Crippen LogP contribution < -0.4 is 15.8 Å². The molecular formula is C10H15BrN4O. The van der Waals surface area contributed by atoms with E-state index >= 15 is 0 Å². The van der Waals surface area contributed by atoms with Crippen LogP contribution in [-0.4, -0.2) is 29.7 Å². The summed E-state index contributed by atoms with van der Waals surface area (Å²) in [7, 11) is 1.59. The van der Waals surface area contributed by atoms with Gasteiger partial charge in [-0.25, -0.2) is 4.98 Å². The van der Waals surface area contributed by atoms with E-state index in [4.69, 9.17) is 10.5 Å². The Morgan fingerprint density at radius 2 is 2.38 bits per heavy atom. The second kappa shape index (κ2) is 4.97. The fourth-order valence-corrected chi connectivity index (χ4v) is 2.12. The summed E-state index contributed by atoms with van der Waals surface area (Å²) in [6.45, 7) is 0.873. The van der Waals surface area contributed by atoms with Gasteiger partial charge < -0.3 is 15.8 Å². The molecule has 1 aliphatic carbocycles. The van der Waals surface area contributed by atoms with Gasteiger partial charge in [-0.05, 0) is 34.7 Å². The van der Waals surface area contributed by atoms with Crippen molar-refractivity contribution >= 4 is 21.9 Å². The number of nitrogens with zero attached hydrogens (tertiary/aromatic N) is 2. The van der Waals surface area contributed by atoms with E-state index in [2.05, 4.69) is 31.2 Å². The molecule has 6 heteroatoms. The van der Waals surface area contributed by atoms with Gasteiger partial charge in [-0.15, -0.1) is 0 Å². The summed E-state index contributed by atoms with van der Waals surface area (Å²) in [5, 5.41) is 3.19. The predicted molar refractivity (Wildman–Crippen MR) is 65.5 cm³/mol. The number of methoxy groups -OCH3 is 1. The molecule has 1 fully saturated rings. The van der Waals surface area contributed by atoms with E-state index in [9.17, 15) is 0 Å². The fraction of sp³-hybridized carbons (Fsp3) is 0.600. The van der Waals surface area contributed by atoms with Crippen LogP contribution >= 0.6 is 15.9 Å². The molecule has 3 N–H and O–H groups in total. The van der Waals surface area contributed by atoms with E-state index in [1.807, 2.05) is 0 Å². The van der Waals surface area contributed by atoms with Crippen LogP contribution in [0.4, 0.5) is 5.95 Å². The smallest absolute Gasteiger partial charge is 0.232 e. The highest BCUT2D eigenvalue weighted by Crippen LogP contribution is 2.26. The molecule has 0 aliphatic heterocycles. The number of anilines is 1. The highest BCUT2D eigenvalue weighted by atomic mass is 79.9. The molecule has 0 aromatic carbocycles. The van der Waals surface area contributed by atoms with Gasteiger partial charge in [-0.3, -0.25) is 0 Å². The van der Waals surface area contributed by atoms with Crippen LogP contribution in [0.15, 0.2) is 10.7 Å². The van der Waals surface area contributed by atoms with Crippen molar-refractivity contribution in [3.63, 3.8) is 0 Å². The van der Waals surface area contributed by atoms with Crippen LogP contribution in [0.5, 0.6) is 5.88 Å². The molecule has 1 aromatic rings. The molecule has 1 saturated carbocycles. The molecule has 0 atom stereocenters. The van der Waals surface area contributed by atoms with Crippen LogP contribution in [0, 0.1) is 5.92 Å². The first-order valence-electron chi connectivity index (χ1n) is 5.25. The van der Waals surface area contributed by atoms with Gasteiger partial charge in [0.15, 0.2) is 0 Å². The van der Waals surface area contributed by atoms with Crippen LogP contribution in [-0.2, 0) is 0 Å². The zero-order valence-electron chi connectivity index (χ0n) is 9.11. The maximum Gasteiger partial charge on any atom is 0.232 e. The Bertz CT molecular complexity index is 368. The summed E-state index contributed by atoms with van der Waals surface area (Å²) in [5.74, 6) is 1.79. The third-order valence-corrected chi connectivity index (χ3v) is 3.27. The molecule has 16 heavy (non-hydrogen) atoms. The van der Waals surface area contributed by atoms with Crippen molar-refractivity contribution in [1.82, 2.24) is 9.97 Å². The molecule has 0 amide bonds. The normalized spacial score (nSPS) is 23.7. The minimum Gasteiger partial charge on any atom is -0.480 e. The van der Waals surface area contributed by atoms with E-state index in [1.54, 1.807) is 13.3 Å². The number of nitrogens with one attached hydrogen (secondary N) is 1. The number of rotatable bonds is 4. The van der Waals surface area contributed by atoms with Gasteiger partial charge in [0.1, 0.15) is 0 Å². The van der Waals surface area contributed by atoms with E-state index in [0.29, 0.717) is 23.8 Å². The highest BCUT2D eigenvalue weighted by Gasteiger charge is 2.25. The first kappa shape index (κ1) is 11.6. The lowest BCUT2D eigenvalue weighted by molar-refractivity contribution is 0.279. The van der Waals surface area contributed by atoms with Gasteiger partial charge in [-0.1, -0.05) is 0 Å². The Balaban J connectivity index is 1.89. The number of nitrogens with two attached hydrogens (primary N) is 1. The standard InChI is InChI=1S/C10H15BrN4O/c1-16-9-8(11)5-14-10(15-9)13-4-6-2-7(12)3-6/h5-7H,2-4,12H2,1H3,(H,13,14,15). The summed E-state index contributed by atoms with van der Waals surface area (Å²) in [4.78, 5) is 8.37. The van der Waals surface area contributed by atoms with Crippen LogP contribution in [0.3, 0.4) is 0 Å². The first-order chi connectivity index (χ1) is 7.69. The Hall–Kier alpha value is -0.880. The SMILES string of the molecule is COc1nc(NCC2CC(N)C2)ncc1Br. The lowest BCUT2D eigenvalue weighted by atomic mass is 9.81. The zero-order valence-corrected chi connectivity index (χ0v) is 10.7. The van der Waals surface area contributed by atoms with Gasteiger partial charge >= 0.3 is 0 Å². The van der Waals surface area contributed by atoms with Crippen molar-refractivity contribution in [2.75, 3.05) is 19.0 Å². The number of ether oxygens (including phenoxy) is 1. The lowest BCUT2D eigenvalue weighted by Gasteiger charge is -2.32. The highest BCUT2D eigenvalue weighted by molar-refractivity contribution is 9.10. The molecule has 1 heterocycles. The largest absolute Gasteiger partial charge is 0.480 e. The molecule has 5 nitrogen and oxygen atoms in total. The van der Waals surface area contributed by atoms with E-state index in [0.717, 1.165) is 23.9 Å². The van der Waals surface area contributed by atoms with Gasteiger partial charge in [0.25, 0.3) is 0 Å². The van der Waals surface area contributed by atoms with E-state index in [-0.39, 0.29) is 0 Å². The van der Waals surface area contributed by atoms with Crippen molar-refractivity contribution in [1.29, 1.82) is 0 Å². The molecule has 0 bridgehead atoms. The Morgan fingerprint density at radius 1 is 1.62 bits per heavy atom. The molecule has 0 saturated heterocycles. The Morgan fingerprint density at radius 3 is 3.00 bits per heavy atom. The van der Waals surface area contributed by atoms with Crippen LogP contribution in [0.2, 0.25) is 0 Å². The minimum absolute atomic E-state index is 0.382. The number of hydrogen-bond acceptors (Lipinski definition) is 5. The van der Waals surface area contributed by atoms with Crippen molar-refractivity contribution < 1.29 is 4.74 Å². The average molecular weight is 287 g/mol. The third-order valence-electron chi connectivity index (χ3n) is 2.73. The van der Waals surface area contributed by atoms with Gasteiger partial charge in [0, 0.05) is 12.6 Å². The van der Waals surface area contributed by atoms with Crippen molar-refractivity contribution in [2.45, 2.75) is 18.9 Å². The van der Waals surface area contributed by atoms with Crippen LogP contribution in [0.25, 0.3) is 0 Å². The monoisotopic (exact) mass is 286 g/mol. The molecule has 1 aromatic heterocycles. The molecule has 0 spiro atoms. The summed E-state index contributed by atoms with van der Waals surface area (Å²) >= 11 is 3.31. The summed E-state index contributed by atoms with van der Waals surface area (Å²) < 4.78 is 5.85. The van der Waals surface area contributed by atoms with Gasteiger partial charge in [0.05, 0.1) is 17.8 Å². The second-order valence-corrected chi connectivity index (χ2v) is 4.88. The second-order valence-electron chi connectivity index (χ2n) is 4.03. The van der Waals surface area contributed by atoms with Crippen molar-refractivity contribution in [3.05, 3.63) is 10.7 Å². The quantitative estimate of drug-likeness (QED) is 0.875. The van der Waals surface area contributed by atoms with Crippen molar-refractivity contribution in [2.24, 2.45) is 11.7 Å². The predicted octanol–water partition coefficient (Wildman–Crippen LogP) is 1.40. The first-order valence-corrected chi connectivity index (χ1v) is 6.04. The summed E-state index contributed by atoms with van der Waals surface area (Å²) in [6.07, 6.45) is 3.85. The fourth-order valence-electron chi connectivity index (χ4n) is 1.77. The molecule has 1 aliphatic rings. The average Bonchev–Trinajstić information content (AvgIpc) is 2.24. The van der Waals surface area contributed by atoms with E-state index in [1.165, 1.54) is 0 Å². The Labute approximate surface area is 103 Å². The summed E-state index contributed by atoms with van der Waals surface area (Å²) in [5.41, 5.74) is 5.72. The lowest BCUT2D eigenvalue weighted by Crippen LogP contribution is -2.39. The molecular weight excluding hydrogens is 272 g/mol. The third kappa shape index (κ3) is 2.62.